The molecular formula is C20H18FN5O. The van der Waals surface area contributed by atoms with Crippen molar-refractivity contribution in [2.75, 3.05) is 12.4 Å². The number of rotatable bonds is 5. The fourth-order valence-electron chi connectivity index (χ4n) is 3.04. The summed E-state index contributed by atoms with van der Waals surface area (Å²) in [6, 6.07) is 13.9. The molecule has 0 saturated heterocycles. The van der Waals surface area contributed by atoms with Crippen molar-refractivity contribution >= 4 is 16.9 Å². The largest absolute Gasteiger partial charge is 0.496 e. The monoisotopic (exact) mass is 363 g/mol. The Morgan fingerprint density at radius 2 is 1.85 bits per heavy atom. The number of hydrogen-bond acceptors (Lipinski definition) is 5. The molecule has 0 bridgehead atoms. The maximum atomic E-state index is 13.2. The van der Waals surface area contributed by atoms with E-state index in [1.165, 1.54) is 18.5 Å². The van der Waals surface area contributed by atoms with Gasteiger partial charge in [-0.15, -0.1) is 0 Å². The first kappa shape index (κ1) is 17.0. The average molecular weight is 363 g/mol. The highest BCUT2D eigenvalue weighted by molar-refractivity contribution is 5.87. The molecule has 0 fully saturated rings. The second-order valence-corrected chi connectivity index (χ2v) is 6.10. The highest BCUT2D eigenvalue weighted by Crippen LogP contribution is 2.29. The number of ether oxygens (including phenoxy) is 1. The second kappa shape index (κ2) is 7.03. The summed E-state index contributed by atoms with van der Waals surface area (Å²) in [5.41, 5.74) is 2.40. The lowest BCUT2D eigenvalue weighted by molar-refractivity contribution is 0.408. The predicted octanol–water partition coefficient (Wildman–Crippen LogP) is 4.14. The summed E-state index contributed by atoms with van der Waals surface area (Å²) in [5, 5.41) is 8.58. The van der Waals surface area contributed by atoms with Gasteiger partial charge in [0, 0.05) is 5.56 Å². The third kappa shape index (κ3) is 3.19. The molecule has 27 heavy (non-hydrogen) atoms. The number of hydrogen-bond donors (Lipinski definition) is 1. The Bertz CT molecular complexity index is 1080. The van der Waals surface area contributed by atoms with Crippen LogP contribution in [0.1, 0.15) is 18.5 Å². The third-order valence-corrected chi connectivity index (χ3v) is 4.40. The van der Waals surface area contributed by atoms with Crippen molar-refractivity contribution in [3.8, 4) is 11.4 Å². The fraction of sp³-hybridized carbons (Fsp3) is 0.150. The number of halogens is 1. The molecule has 0 aliphatic heterocycles. The number of nitrogens with one attached hydrogen (secondary N) is 1. The lowest BCUT2D eigenvalue weighted by atomic mass is 10.1. The van der Waals surface area contributed by atoms with Crippen LogP contribution in [0.25, 0.3) is 16.7 Å². The van der Waals surface area contributed by atoms with E-state index in [4.69, 9.17) is 4.74 Å². The van der Waals surface area contributed by atoms with E-state index in [1.807, 2.05) is 31.2 Å². The lowest BCUT2D eigenvalue weighted by Crippen LogP contribution is -2.10. The summed E-state index contributed by atoms with van der Waals surface area (Å²) in [7, 11) is 1.65. The summed E-state index contributed by atoms with van der Waals surface area (Å²) >= 11 is 0. The van der Waals surface area contributed by atoms with Gasteiger partial charge in [0.1, 0.15) is 23.7 Å². The van der Waals surface area contributed by atoms with Crippen LogP contribution in [0.15, 0.2) is 61.1 Å². The lowest BCUT2D eigenvalue weighted by Gasteiger charge is -2.18. The number of methoxy groups -OCH3 is 1. The molecule has 136 valence electrons. The molecule has 0 amide bonds. The zero-order valence-corrected chi connectivity index (χ0v) is 14.9. The van der Waals surface area contributed by atoms with Gasteiger partial charge in [-0.25, -0.2) is 19.0 Å². The minimum atomic E-state index is -0.294. The first-order valence-corrected chi connectivity index (χ1v) is 8.51. The van der Waals surface area contributed by atoms with Crippen LogP contribution in [0.2, 0.25) is 0 Å². The van der Waals surface area contributed by atoms with Crippen molar-refractivity contribution in [1.29, 1.82) is 0 Å². The van der Waals surface area contributed by atoms with Gasteiger partial charge >= 0.3 is 0 Å². The Labute approximate surface area is 155 Å². The summed E-state index contributed by atoms with van der Waals surface area (Å²) in [6.07, 6.45) is 3.19. The van der Waals surface area contributed by atoms with E-state index in [1.54, 1.807) is 30.1 Å². The van der Waals surface area contributed by atoms with Gasteiger partial charge in [0.05, 0.1) is 30.4 Å². The number of nitrogens with zero attached hydrogens (tertiary/aromatic N) is 4. The van der Waals surface area contributed by atoms with Crippen LogP contribution in [0, 0.1) is 5.82 Å². The normalized spacial score (nSPS) is 12.1. The Morgan fingerprint density at radius 1 is 1.07 bits per heavy atom. The molecule has 2 aromatic carbocycles. The van der Waals surface area contributed by atoms with Gasteiger partial charge in [-0.05, 0) is 37.3 Å². The third-order valence-electron chi connectivity index (χ3n) is 4.40. The Balaban J connectivity index is 1.70. The standard InChI is InChI=1S/C20H18FN5O/c1-13(16-5-3-4-6-18(16)27-2)25-19-17-11-24-26(20(17)23-12-22-19)15-9-7-14(21)8-10-15/h3-13H,1-2H3,(H,22,23,25)/t13-/m1/s1. The summed E-state index contributed by atoms with van der Waals surface area (Å²) < 4.78 is 20.3. The zero-order chi connectivity index (χ0) is 18.8. The Hall–Kier alpha value is -3.48. The van der Waals surface area contributed by atoms with Crippen molar-refractivity contribution in [3.63, 3.8) is 0 Å². The molecular weight excluding hydrogens is 345 g/mol. The highest BCUT2D eigenvalue weighted by Gasteiger charge is 2.15. The van der Waals surface area contributed by atoms with Crippen LogP contribution >= 0.6 is 0 Å². The van der Waals surface area contributed by atoms with Crippen LogP contribution in [0.4, 0.5) is 10.2 Å². The van der Waals surface area contributed by atoms with Crippen molar-refractivity contribution < 1.29 is 9.13 Å². The van der Waals surface area contributed by atoms with E-state index in [0.717, 1.165) is 22.4 Å². The molecule has 7 heteroatoms. The molecule has 1 N–H and O–H groups in total. The van der Waals surface area contributed by atoms with Crippen molar-refractivity contribution in [1.82, 2.24) is 19.7 Å². The van der Waals surface area contributed by atoms with Crippen molar-refractivity contribution in [3.05, 3.63) is 72.4 Å². The van der Waals surface area contributed by atoms with Gasteiger partial charge in [-0.1, -0.05) is 18.2 Å². The van der Waals surface area contributed by atoms with E-state index in [-0.39, 0.29) is 11.9 Å². The molecule has 0 radical (unpaired) electrons. The SMILES string of the molecule is COc1ccccc1[C@@H](C)Nc1ncnc2c1cnn2-c1ccc(F)cc1. The van der Waals surface area contributed by atoms with E-state index < -0.39 is 0 Å². The van der Waals surface area contributed by atoms with E-state index in [9.17, 15) is 4.39 Å². The fourth-order valence-corrected chi connectivity index (χ4v) is 3.04. The molecule has 2 aromatic heterocycles. The molecule has 1 atom stereocenters. The topological polar surface area (TPSA) is 64.9 Å². The molecule has 4 rings (SSSR count). The molecule has 0 unspecified atom stereocenters. The molecule has 0 spiro atoms. The first-order valence-electron chi connectivity index (χ1n) is 8.51. The predicted molar refractivity (Wildman–Crippen MR) is 102 cm³/mol. The van der Waals surface area contributed by atoms with Gasteiger partial charge in [0.25, 0.3) is 0 Å². The van der Waals surface area contributed by atoms with E-state index >= 15 is 0 Å². The smallest absolute Gasteiger partial charge is 0.168 e. The average Bonchev–Trinajstić information content (AvgIpc) is 3.13. The summed E-state index contributed by atoms with van der Waals surface area (Å²) in [5.74, 6) is 1.19. The van der Waals surface area contributed by atoms with Gasteiger partial charge in [0.2, 0.25) is 0 Å². The molecule has 0 aliphatic carbocycles. The number of fused-ring (bicyclic) bond motifs is 1. The van der Waals surface area contributed by atoms with E-state index in [0.29, 0.717) is 11.5 Å². The number of aromatic nitrogens is 4. The molecule has 0 aliphatic rings. The number of para-hydroxylation sites is 1. The van der Waals surface area contributed by atoms with Crippen LogP contribution < -0.4 is 10.1 Å². The Morgan fingerprint density at radius 3 is 2.63 bits per heavy atom. The maximum Gasteiger partial charge on any atom is 0.168 e. The summed E-state index contributed by atoms with van der Waals surface area (Å²) in [6.45, 7) is 2.04. The summed E-state index contributed by atoms with van der Waals surface area (Å²) in [4.78, 5) is 8.72. The molecule has 4 aromatic rings. The number of anilines is 1. The van der Waals surface area contributed by atoms with Gasteiger partial charge < -0.3 is 10.1 Å². The van der Waals surface area contributed by atoms with Crippen LogP contribution in [-0.2, 0) is 0 Å². The highest BCUT2D eigenvalue weighted by atomic mass is 19.1. The minimum absolute atomic E-state index is 0.0339. The van der Waals surface area contributed by atoms with Gasteiger partial charge in [-0.3, -0.25) is 0 Å². The second-order valence-electron chi connectivity index (χ2n) is 6.10. The van der Waals surface area contributed by atoms with E-state index in [2.05, 4.69) is 20.4 Å². The zero-order valence-electron chi connectivity index (χ0n) is 14.9. The van der Waals surface area contributed by atoms with Crippen LogP contribution in [0.5, 0.6) is 5.75 Å². The van der Waals surface area contributed by atoms with Gasteiger partial charge in [-0.2, -0.15) is 5.10 Å². The molecule has 0 saturated carbocycles. The number of benzene rings is 2. The quantitative estimate of drug-likeness (QED) is 0.577. The maximum absolute atomic E-state index is 13.2. The molecule has 2 heterocycles. The minimum Gasteiger partial charge on any atom is -0.496 e. The van der Waals surface area contributed by atoms with Crippen molar-refractivity contribution in [2.45, 2.75) is 13.0 Å². The Kier molecular flexibility index (Phi) is 4.42. The van der Waals surface area contributed by atoms with Crippen LogP contribution in [-0.4, -0.2) is 26.9 Å². The molecule has 6 nitrogen and oxygen atoms in total. The van der Waals surface area contributed by atoms with Gasteiger partial charge in [0.15, 0.2) is 5.65 Å². The van der Waals surface area contributed by atoms with Crippen molar-refractivity contribution in [2.24, 2.45) is 0 Å². The first-order chi connectivity index (χ1) is 13.2. The van der Waals surface area contributed by atoms with Crippen LogP contribution in [0.3, 0.4) is 0 Å².